The number of hydrogen-bond donors (Lipinski definition) is 2. The summed E-state index contributed by atoms with van der Waals surface area (Å²) in [4.78, 5) is 11.9. The summed E-state index contributed by atoms with van der Waals surface area (Å²) in [5.74, 6) is -0.0241. The molecule has 0 aliphatic rings. The maximum absolute atomic E-state index is 11.9. The van der Waals surface area contributed by atoms with Gasteiger partial charge in [0.25, 0.3) is 5.91 Å². The third kappa shape index (κ3) is 3.26. The largest absolute Gasteiger partial charge is 0.388 e. The lowest BCUT2D eigenvalue weighted by atomic mass is 10.0. The van der Waals surface area contributed by atoms with Crippen LogP contribution in [-0.2, 0) is 0 Å². The summed E-state index contributed by atoms with van der Waals surface area (Å²) in [5, 5.41) is 6.03. The lowest BCUT2D eigenvalue weighted by Crippen LogP contribution is -2.42. The summed E-state index contributed by atoms with van der Waals surface area (Å²) in [5.41, 5.74) is 1.47. The van der Waals surface area contributed by atoms with Crippen molar-refractivity contribution in [2.75, 3.05) is 12.4 Å². The Morgan fingerprint density at radius 3 is 2.62 bits per heavy atom. The zero-order valence-corrected chi connectivity index (χ0v) is 10.4. The van der Waals surface area contributed by atoms with Crippen LogP contribution in [0.25, 0.3) is 0 Å². The molecule has 0 radical (unpaired) electrons. The first-order chi connectivity index (χ1) is 7.48. The van der Waals surface area contributed by atoms with Crippen molar-refractivity contribution in [3.05, 3.63) is 29.8 Å². The number of amides is 1. The van der Waals surface area contributed by atoms with Gasteiger partial charge in [0, 0.05) is 23.8 Å². The van der Waals surface area contributed by atoms with Crippen molar-refractivity contribution in [1.82, 2.24) is 5.32 Å². The molecule has 0 aliphatic heterocycles. The van der Waals surface area contributed by atoms with Crippen molar-refractivity contribution in [2.24, 2.45) is 0 Å². The number of carbonyl (C=O) groups is 1. The van der Waals surface area contributed by atoms with Crippen LogP contribution in [-0.4, -0.2) is 18.5 Å². The van der Waals surface area contributed by atoms with E-state index in [2.05, 4.69) is 17.6 Å². The predicted molar refractivity (Wildman–Crippen MR) is 67.8 cm³/mol. The molecule has 0 saturated heterocycles. The van der Waals surface area contributed by atoms with E-state index in [4.69, 9.17) is 0 Å². The molecule has 3 nitrogen and oxygen atoms in total. The number of anilines is 1. The number of benzene rings is 1. The van der Waals surface area contributed by atoms with Crippen LogP contribution in [0, 0.1) is 0 Å². The van der Waals surface area contributed by atoms with Gasteiger partial charge in [0.15, 0.2) is 0 Å². The fourth-order valence-electron chi connectivity index (χ4n) is 1.28. The van der Waals surface area contributed by atoms with E-state index in [1.54, 1.807) is 0 Å². The zero-order chi connectivity index (χ0) is 12.2. The lowest BCUT2D eigenvalue weighted by molar-refractivity contribution is 0.0911. The van der Waals surface area contributed by atoms with Gasteiger partial charge < -0.3 is 10.6 Å². The van der Waals surface area contributed by atoms with Crippen molar-refractivity contribution in [3.63, 3.8) is 0 Å². The molecule has 0 unspecified atom stereocenters. The number of carbonyl (C=O) groups excluding carboxylic acids is 1. The highest BCUT2D eigenvalue weighted by Crippen LogP contribution is 2.12. The van der Waals surface area contributed by atoms with Gasteiger partial charge in [0.05, 0.1) is 0 Å². The van der Waals surface area contributed by atoms with E-state index in [1.165, 1.54) is 0 Å². The van der Waals surface area contributed by atoms with Crippen LogP contribution in [0.5, 0.6) is 0 Å². The Balaban J connectivity index is 2.80. The highest BCUT2D eigenvalue weighted by Gasteiger charge is 2.18. The second-order valence-electron chi connectivity index (χ2n) is 4.52. The molecule has 0 aliphatic carbocycles. The molecule has 0 saturated carbocycles. The average molecular weight is 220 g/mol. The van der Waals surface area contributed by atoms with Crippen LogP contribution in [0.3, 0.4) is 0 Å². The first kappa shape index (κ1) is 12.6. The van der Waals surface area contributed by atoms with Gasteiger partial charge in [-0.15, -0.1) is 0 Å². The molecule has 0 bridgehead atoms. The van der Waals surface area contributed by atoms with Crippen molar-refractivity contribution in [1.29, 1.82) is 0 Å². The molecule has 3 heteroatoms. The van der Waals surface area contributed by atoms with Crippen LogP contribution in [0.2, 0.25) is 0 Å². The van der Waals surface area contributed by atoms with E-state index in [0.29, 0.717) is 5.56 Å². The van der Waals surface area contributed by atoms with Gasteiger partial charge in [0.1, 0.15) is 0 Å². The minimum absolute atomic E-state index is 0.0241. The highest BCUT2D eigenvalue weighted by atomic mass is 16.1. The van der Waals surface area contributed by atoms with E-state index in [-0.39, 0.29) is 11.4 Å². The Labute approximate surface area is 97.2 Å². The minimum atomic E-state index is -0.160. The van der Waals surface area contributed by atoms with E-state index in [0.717, 1.165) is 12.1 Å². The normalized spacial score (nSPS) is 11.0. The molecule has 0 aromatic heterocycles. The fraction of sp³-hybridized carbons (Fsp3) is 0.462. The second kappa shape index (κ2) is 5.01. The molecule has 0 fully saturated rings. The molecule has 1 rings (SSSR count). The van der Waals surface area contributed by atoms with Crippen molar-refractivity contribution in [2.45, 2.75) is 32.7 Å². The van der Waals surface area contributed by atoms with Crippen LogP contribution in [0.1, 0.15) is 37.6 Å². The van der Waals surface area contributed by atoms with Gasteiger partial charge in [-0.2, -0.15) is 0 Å². The average Bonchev–Trinajstić information content (AvgIpc) is 2.28. The molecule has 1 aromatic carbocycles. The van der Waals surface area contributed by atoms with Crippen molar-refractivity contribution < 1.29 is 4.79 Å². The lowest BCUT2D eigenvalue weighted by Gasteiger charge is -2.24. The second-order valence-corrected chi connectivity index (χ2v) is 4.52. The van der Waals surface area contributed by atoms with E-state index < -0.39 is 0 Å². The third-order valence-electron chi connectivity index (χ3n) is 2.75. The first-order valence-corrected chi connectivity index (χ1v) is 5.59. The molecule has 16 heavy (non-hydrogen) atoms. The summed E-state index contributed by atoms with van der Waals surface area (Å²) < 4.78 is 0. The summed E-state index contributed by atoms with van der Waals surface area (Å²) in [6.45, 7) is 6.10. The zero-order valence-electron chi connectivity index (χ0n) is 10.4. The predicted octanol–water partition coefficient (Wildman–Crippen LogP) is 2.65. The van der Waals surface area contributed by atoms with Gasteiger partial charge >= 0.3 is 0 Å². The smallest absolute Gasteiger partial charge is 0.251 e. The van der Waals surface area contributed by atoms with Gasteiger partial charge in [-0.05, 0) is 38.5 Å². The maximum atomic E-state index is 11.9. The van der Waals surface area contributed by atoms with Gasteiger partial charge in [0.2, 0.25) is 0 Å². The number of rotatable bonds is 4. The molecule has 1 aromatic rings. The number of nitrogens with one attached hydrogen (secondary N) is 2. The van der Waals surface area contributed by atoms with Gasteiger partial charge in [-0.1, -0.05) is 13.0 Å². The highest BCUT2D eigenvalue weighted by molar-refractivity contribution is 5.95. The van der Waals surface area contributed by atoms with Gasteiger partial charge in [-0.25, -0.2) is 0 Å². The van der Waals surface area contributed by atoms with Crippen LogP contribution >= 0.6 is 0 Å². The Bertz CT molecular complexity index is 372. The van der Waals surface area contributed by atoms with E-state index in [9.17, 15) is 4.79 Å². The molecule has 1 amide bonds. The van der Waals surface area contributed by atoms with Crippen molar-refractivity contribution >= 4 is 11.6 Å². The molecular formula is C13H20N2O. The van der Waals surface area contributed by atoms with E-state index in [1.807, 2.05) is 45.2 Å². The summed E-state index contributed by atoms with van der Waals surface area (Å²) >= 11 is 0. The number of hydrogen-bond acceptors (Lipinski definition) is 2. The summed E-state index contributed by atoms with van der Waals surface area (Å²) in [6.07, 6.45) is 0.907. The first-order valence-electron chi connectivity index (χ1n) is 5.59. The Morgan fingerprint density at radius 1 is 1.38 bits per heavy atom. The Morgan fingerprint density at radius 2 is 2.06 bits per heavy atom. The molecule has 0 heterocycles. The Hall–Kier alpha value is -1.51. The fourth-order valence-corrected chi connectivity index (χ4v) is 1.28. The quantitative estimate of drug-likeness (QED) is 0.819. The Kier molecular flexibility index (Phi) is 3.93. The van der Waals surface area contributed by atoms with E-state index >= 15 is 0 Å². The standard InChI is InChI=1S/C13H20N2O/c1-5-13(2,3)15-12(16)10-7-6-8-11(9-10)14-4/h6-9,14H,5H2,1-4H3,(H,15,16). The molecule has 2 N–H and O–H groups in total. The topological polar surface area (TPSA) is 41.1 Å². The molecule has 0 spiro atoms. The summed E-state index contributed by atoms with van der Waals surface area (Å²) in [6, 6.07) is 7.48. The minimum Gasteiger partial charge on any atom is -0.388 e. The van der Waals surface area contributed by atoms with Crippen LogP contribution in [0.4, 0.5) is 5.69 Å². The SMILES string of the molecule is CCC(C)(C)NC(=O)c1cccc(NC)c1. The molecular weight excluding hydrogens is 200 g/mol. The van der Waals surface area contributed by atoms with Crippen molar-refractivity contribution in [3.8, 4) is 0 Å². The molecule has 0 atom stereocenters. The van der Waals surface area contributed by atoms with Crippen LogP contribution in [0.15, 0.2) is 24.3 Å². The summed E-state index contributed by atoms with van der Waals surface area (Å²) in [7, 11) is 1.84. The van der Waals surface area contributed by atoms with Crippen LogP contribution < -0.4 is 10.6 Å². The molecule has 88 valence electrons. The third-order valence-corrected chi connectivity index (χ3v) is 2.75. The van der Waals surface area contributed by atoms with Gasteiger partial charge in [-0.3, -0.25) is 4.79 Å². The maximum Gasteiger partial charge on any atom is 0.251 e. The monoisotopic (exact) mass is 220 g/mol.